The number of aromatic hydroxyl groups is 1. The highest BCUT2D eigenvalue weighted by atomic mass is 16.6. The molecule has 0 saturated heterocycles. The minimum absolute atomic E-state index is 0.00734. The molecule has 2 amide bonds. The highest BCUT2D eigenvalue weighted by Gasteiger charge is 2.41. The van der Waals surface area contributed by atoms with Crippen molar-refractivity contribution in [1.29, 1.82) is 0 Å². The lowest BCUT2D eigenvalue weighted by Gasteiger charge is -2.23. The number of esters is 2. The number of hydrazine groups is 1. The van der Waals surface area contributed by atoms with Gasteiger partial charge in [-0.05, 0) is 36.4 Å². The molecule has 0 radical (unpaired) electrons. The number of hydrogen-bond donors (Lipinski definition) is 4. The fourth-order valence-corrected chi connectivity index (χ4v) is 2.93. The zero-order chi connectivity index (χ0) is 26.1. The van der Waals surface area contributed by atoms with E-state index < -0.39 is 41.9 Å². The molecule has 11 heteroatoms. The summed E-state index contributed by atoms with van der Waals surface area (Å²) >= 11 is 0. The number of nitrogens with one attached hydrogen (secondary N) is 2. The number of carbonyl (C=O) groups is 5. The largest absolute Gasteiger partial charge is 0.507 e. The van der Waals surface area contributed by atoms with Gasteiger partial charge < -0.3 is 19.7 Å². The van der Waals surface area contributed by atoms with Gasteiger partial charge in [0, 0.05) is 0 Å². The molecule has 3 aromatic carbocycles. The van der Waals surface area contributed by atoms with Crippen LogP contribution in [0.3, 0.4) is 0 Å². The molecule has 3 aromatic rings. The van der Waals surface area contributed by atoms with E-state index in [0.717, 1.165) is 0 Å². The Morgan fingerprint density at radius 1 is 0.639 bits per heavy atom. The van der Waals surface area contributed by atoms with Crippen LogP contribution >= 0.6 is 0 Å². The van der Waals surface area contributed by atoms with Crippen molar-refractivity contribution in [2.75, 3.05) is 0 Å². The van der Waals surface area contributed by atoms with Gasteiger partial charge in [-0.2, -0.15) is 0 Å². The molecule has 36 heavy (non-hydrogen) atoms. The molecule has 0 heterocycles. The normalized spacial score (nSPS) is 11.9. The molecule has 0 unspecified atom stereocenters. The zero-order valence-corrected chi connectivity index (χ0v) is 18.5. The quantitative estimate of drug-likeness (QED) is 0.270. The molecule has 0 spiro atoms. The second-order valence-electron chi connectivity index (χ2n) is 7.18. The summed E-state index contributed by atoms with van der Waals surface area (Å²) in [6.45, 7) is 0. The Morgan fingerprint density at radius 3 is 1.61 bits per heavy atom. The summed E-state index contributed by atoms with van der Waals surface area (Å²) in [5.74, 6) is -6.58. The van der Waals surface area contributed by atoms with Crippen LogP contribution in [0.2, 0.25) is 0 Å². The standard InChI is InChI=1S/C25H20N2O9/c28-18-14-8-7-13-17(18)21(29)26-27-22(30)19(35-24(33)15-9-3-1-4-10-15)20(23(31)32)36-25(34)16-11-5-2-6-12-16/h1-14,19-20,28H,(H,26,29)(H,27,30)(H,31,32)/t19-,20+/m1/s1. The Kier molecular flexibility index (Phi) is 8.33. The number of carboxylic acids is 1. The van der Waals surface area contributed by atoms with E-state index in [0.29, 0.717) is 0 Å². The van der Waals surface area contributed by atoms with E-state index in [-0.39, 0.29) is 22.4 Å². The van der Waals surface area contributed by atoms with E-state index in [1.165, 1.54) is 72.8 Å². The van der Waals surface area contributed by atoms with Crippen molar-refractivity contribution in [3.05, 3.63) is 102 Å². The van der Waals surface area contributed by atoms with Crippen molar-refractivity contribution in [2.45, 2.75) is 12.2 Å². The number of benzene rings is 3. The molecule has 11 nitrogen and oxygen atoms in total. The third kappa shape index (κ3) is 6.44. The first-order valence-electron chi connectivity index (χ1n) is 10.4. The van der Waals surface area contributed by atoms with E-state index in [1.54, 1.807) is 12.1 Å². The number of phenolic OH excluding ortho intramolecular Hbond substituents is 1. The summed E-state index contributed by atoms with van der Waals surface area (Å²) in [6.07, 6.45) is -4.47. The van der Waals surface area contributed by atoms with Crippen LogP contribution in [0.1, 0.15) is 31.1 Å². The fourth-order valence-electron chi connectivity index (χ4n) is 2.93. The molecule has 184 valence electrons. The van der Waals surface area contributed by atoms with Gasteiger partial charge in [-0.3, -0.25) is 20.4 Å². The number of hydrogen-bond acceptors (Lipinski definition) is 8. The summed E-state index contributed by atoms with van der Waals surface area (Å²) in [5, 5.41) is 19.5. The van der Waals surface area contributed by atoms with Crippen LogP contribution in [-0.4, -0.2) is 52.1 Å². The molecule has 0 aromatic heterocycles. The van der Waals surface area contributed by atoms with Crippen LogP contribution in [0, 0.1) is 0 Å². The van der Waals surface area contributed by atoms with Crippen LogP contribution < -0.4 is 10.9 Å². The lowest BCUT2D eigenvalue weighted by atomic mass is 10.1. The van der Waals surface area contributed by atoms with Gasteiger partial charge in [0.1, 0.15) is 5.75 Å². The number of carbonyl (C=O) groups excluding carboxylic acids is 4. The molecule has 0 aliphatic rings. The molecule has 0 aliphatic carbocycles. The van der Waals surface area contributed by atoms with Gasteiger partial charge in [0.15, 0.2) is 0 Å². The zero-order valence-electron chi connectivity index (χ0n) is 18.5. The van der Waals surface area contributed by atoms with Gasteiger partial charge in [-0.1, -0.05) is 48.5 Å². The maximum atomic E-state index is 12.9. The highest BCUT2D eigenvalue weighted by molar-refractivity contribution is 6.00. The maximum Gasteiger partial charge on any atom is 0.349 e. The summed E-state index contributed by atoms with van der Waals surface area (Å²) in [4.78, 5) is 62.2. The first-order chi connectivity index (χ1) is 17.3. The van der Waals surface area contributed by atoms with Crippen molar-refractivity contribution in [3.8, 4) is 5.75 Å². The first kappa shape index (κ1) is 25.4. The predicted molar refractivity (Wildman–Crippen MR) is 123 cm³/mol. The molecule has 0 fully saturated rings. The number of aliphatic carboxylic acids is 1. The monoisotopic (exact) mass is 492 g/mol. The van der Waals surface area contributed by atoms with Gasteiger partial charge in [0.25, 0.3) is 11.8 Å². The number of phenols is 1. The number of carboxylic acid groups (broad SMARTS) is 1. The van der Waals surface area contributed by atoms with Crippen molar-refractivity contribution < 1.29 is 43.7 Å². The van der Waals surface area contributed by atoms with Crippen LogP contribution in [0.15, 0.2) is 84.9 Å². The molecule has 0 saturated carbocycles. The SMILES string of the molecule is O=C(O[C@H](C(=O)O)[C@@H](OC(=O)c1ccccc1)C(=O)NNC(=O)c1ccccc1O)c1ccccc1. The van der Waals surface area contributed by atoms with Crippen molar-refractivity contribution in [2.24, 2.45) is 0 Å². The Labute approximate surface area is 204 Å². The average Bonchev–Trinajstić information content (AvgIpc) is 2.89. The Balaban J connectivity index is 1.83. The molecular weight excluding hydrogens is 472 g/mol. The van der Waals surface area contributed by atoms with Gasteiger partial charge in [0.05, 0.1) is 16.7 Å². The number of rotatable bonds is 8. The Morgan fingerprint density at radius 2 is 1.11 bits per heavy atom. The van der Waals surface area contributed by atoms with E-state index >= 15 is 0 Å². The minimum Gasteiger partial charge on any atom is -0.507 e. The second-order valence-corrected chi connectivity index (χ2v) is 7.18. The van der Waals surface area contributed by atoms with Gasteiger partial charge >= 0.3 is 17.9 Å². The van der Waals surface area contributed by atoms with Crippen molar-refractivity contribution in [1.82, 2.24) is 10.9 Å². The lowest BCUT2D eigenvalue weighted by molar-refractivity contribution is -0.159. The van der Waals surface area contributed by atoms with E-state index in [4.69, 9.17) is 9.47 Å². The summed E-state index contributed by atoms with van der Waals surface area (Å²) in [7, 11) is 0. The van der Waals surface area contributed by atoms with Crippen LogP contribution in [-0.2, 0) is 19.1 Å². The topological polar surface area (TPSA) is 168 Å². The minimum atomic E-state index is -2.27. The Bertz CT molecular complexity index is 1260. The van der Waals surface area contributed by atoms with E-state index in [1.807, 2.05) is 10.9 Å². The van der Waals surface area contributed by atoms with Crippen LogP contribution in [0.25, 0.3) is 0 Å². The molecule has 4 N–H and O–H groups in total. The highest BCUT2D eigenvalue weighted by Crippen LogP contribution is 2.16. The third-order valence-corrected chi connectivity index (χ3v) is 4.71. The fraction of sp³-hybridized carbons (Fsp3) is 0.0800. The molecule has 0 aliphatic heterocycles. The molecule has 3 rings (SSSR count). The lowest BCUT2D eigenvalue weighted by Crippen LogP contribution is -2.54. The average molecular weight is 492 g/mol. The number of para-hydroxylation sites is 1. The molecule has 2 atom stereocenters. The van der Waals surface area contributed by atoms with E-state index in [2.05, 4.69) is 0 Å². The molecular formula is C25H20N2O9. The number of amides is 2. The van der Waals surface area contributed by atoms with Gasteiger partial charge in [-0.15, -0.1) is 0 Å². The van der Waals surface area contributed by atoms with E-state index in [9.17, 15) is 34.2 Å². The van der Waals surface area contributed by atoms with Gasteiger partial charge in [-0.25, -0.2) is 14.4 Å². The van der Waals surface area contributed by atoms with Crippen molar-refractivity contribution >= 4 is 29.7 Å². The number of ether oxygens (including phenoxy) is 2. The van der Waals surface area contributed by atoms with Crippen LogP contribution in [0.4, 0.5) is 0 Å². The summed E-state index contributed by atoms with van der Waals surface area (Å²) in [5.41, 5.74) is 3.71. The summed E-state index contributed by atoms with van der Waals surface area (Å²) in [6, 6.07) is 20.2. The predicted octanol–water partition coefficient (Wildman–Crippen LogP) is 1.69. The summed E-state index contributed by atoms with van der Waals surface area (Å²) < 4.78 is 10.1. The van der Waals surface area contributed by atoms with Crippen molar-refractivity contribution in [3.63, 3.8) is 0 Å². The maximum absolute atomic E-state index is 12.9. The first-order valence-corrected chi connectivity index (χ1v) is 10.4. The third-order valence-electron chi connectivity index (χ3n) is 4.71. The van der Waals surface area contributed by atoms with Crippen LogP contribution in [0.5, 0.6) is 5.75 Å². The molecule has 0 bridgehead atoms. The second kappa shape index (κ2) is 11.8. The van der Waals surface area contributed by atoms with Gasteiger partial charge in [0.2, 0.25) is 12.2 Å². The Hall–Kier alpha value is -5.19. The smallest absolute Gasteiger partial charge is 0.349 e.